The minimum atomic E-state index is -0.736. The Hall–Kier alpha value is -0.810. The second kappa shape index (κ2) is 2.38. The molecular formula is C2H7N3O2. The Balaban J connectivity index is 3.35. The topological polar surface area (TPSA) is 78.6 Å². The van der Waals surface area contributed by atoms with Gasteiger partial charge in [-0.15, -0.1) is 0 Å². The first kappa shape index (κ1) is 6.19. The van der Waals surface area contributed by atoms with Crippen LogP contribution >= 0.6 is 0 Å². The minimum absolute atomic E-state index is 0.347. The fraction of sp³-hybridized carbons (Fsp3) is 0.500. The van der Waals surface area contributed by atoms with Crippen molar-refractivity contribution in [3.8, 4) is 0 Å². The highest BCUT2D eigenvalue weighted by atomic mass is 16.5. The van der Waals surface area contributed by atoms with E-state index < -0.39 is 6.03 Å². The highest BCUT2D eigenvalue weighted by Gasteiger charge is 1.97. The Morgan fingerprint density at radius 3 is 2.43 bits per heavy atom. The monoisotopic (exact) mass is 105 g/mol. The van der Waals surface area contributed by atoms with Crippen molar-refractivity contribution in [1.29, 1.82) is 0 Å². The number of carbonyl (C=O) groups is 1. The van der Waals surface area contributed by atoms with E-state index in [-0.39, 0.29) is 0 Å². The van der Waals surface area contributed by atoms with E-state index in [2.05, 4.69) is 5.84 Å². The number of nitrogens with one attached hydrogen (secondary N) is 1. The van der Waals surface area contributed by atoms with Crippen molar-refractivity contribution in [3.05, 3.63) is 0 Å². The Labute approximate surface area is 40.6 Å². The molecule has 0 unspecified atom stereocenters. The SMILES string of the molecule is CN(O)C(=O)NN. The maximum absolute atomic E-state index is 9.95. The van der Waals surface area contributed by atoms with Crippen molar-refractivity contribution in [2.45, 2.75) is 0 Å². The van der Waals surface area contributed by atoms with E-state index in [0.29, 0.717) is 5.06 Å². The average molecular weight is 105 g/mol. The predicted molar refractivity (Wildman–Crippen MR) is 22.3 cm³/mol. The lowest BCUT2D eigenvalue weighted by Gasteiger charge is -2.04. The fourth-order valence-corrected chi connectivity index (χ4v) is 0.0934. The van der Waals surface area contributed by atoms with Crippen molar-refractivity contribution in [2.24, 2.45) is 5.84 Å². The number of nitrogens with zero attached hydrogens (tertiary/aromatic N) is 1. The summed E-state index contributed by atoms with van der Waals surface area (Å²) in [5.41, 5.74) is 1.70. The second-order valence-corrected chi connectivity index (χ2v) is 0.973. The quantitative estimate of drug-likeness (QED) is 0.158. The lowest BCUT2D eigenvalue weighted by Crippen LogP contribution is -2.39. The number of carbonyl (C=O) groups excluding carboxylic acids is 1. The molecule has 0 radical (unpaired) electrons. The van der Waals surface area contributed by atoms with Crippen LogP contribution in [0.25, 0.3) is 0 Å². The van der Waals surface area contributed by atoms with Gasteiger partial charge < -0.3 is 0 Å². The molecule has 4 N–H and O–H groups in total. The summed E-state index contributed by atoms with van der Waals surface area (Å²) in [6.07, 6.45) is 0. The summed E-state index contributed by atoms with van der Waals surface area (Å²) in [7, 11) is 1.17. The van der Waals surface area contributed by atoms with Crippen LogP contribution in [0.5, 0.6) is 0 Å². The van der Waals surface area contributed by atoms with Gasteiger partial charge in [-0.25, -0.2) is 15.7 Å². The van der Waals surface area contributed by atoms with Gasteiger partial charge in [0.2, 0.25) is 0 Å². The molecule has 0 spiro atoms. The molecule has 0 aliphatic heterocycles. The fourth-order valence-electron chi connectivity index (χ4n) is 0.0934. The number of hydrogen-bond donors (Lipinski definition) is 3. The number of nitrogens with two attached hydrogens (primary N) is 1. The van der Waals surface area contributed by atoms with Gasteiger partial charge >= 0.3 is 6.03 Å². The smallest absolute Gasteiger partial charge is 0.285 e. The van der Waals surface area contributed by atoms with Crippen LogP contribution < -0.4 is 11.3 Å². The number of hydrazine groups is 1. The van der Waals surface area contributed by atoms with Crippen LogP contribution in [0.3, 0.4) is 0 Å². The molecule has 42 valence electrons. The third kappa shape index (κ3) is 1.96. The first-order chi connectivity index (χ1) is 3.18. The standard InChI is InChI=1S/C2H7N3O2/c1-5(7)2(6)4-3/h7H,3H2,1H3,(H,4,6). The normalized spacial score (nSPS) is 7.86. The van der Waals surface area contributed by atoms with Gasteiger partial charge in [0.1, 0.15) is 0 Å². The van der Waals surface area contributed by atoms with E-state index in [0.717, 1.165) is 0 Å². The van der Waals surface area contributed by atoms with Crippen LogP contribution in [0.4, 0.5) is 4.79 Å². The van der Waals surface area contributed by atoms with Crippen molar-refractivity contribution >= 4 is 6.03 Å². The van der Waals surface area contributed by atoms with Crippen molar-refractivity contribution < 1.29 is 10.0 Å². The van der Waals surface area contributed by atoms with Crippen LogP contribution in [-0.2, 0) is 0 Å². The molecule has 5 nitrogen and oxygen atoms in total. The van der Waals surface area contributed by atoms with Crippen molar-refractivity contribution in [3.63, 3.8) is 0 Å². The Morgan fingerprint density at radius 1 is 2.00 bits per heavy atom. The minimum Gasteiger partial charge on any atom is -0.285 e. The zero-order valence-electron chi connectivity index (χ0n) is 3.88. The number of hydroxylamine groups is 2. The van der Waals surface area contributed by atoms with Gasteiger partial charge in [0.25, 0.3) is 0 Å². The molecule has 0 aromatic carbocycles. The molecule has 0 rings (SSSR count). The largest absolute Gasteiger partial charge is 0.354 e. The van der Waals surface area contributed by atoms with Crippen LogP contribution in [-0.4, -0.2) is 23.3 Å². The van der Waals surface area contributed by atoms with E-state index >= 15 is 0 Å². The van der Waals surface area contributed by atoms with E-state index in [9.17, 15) is 4.79 Å². The molecule has 0 saturated heterocycles. The molecule has 2 amide bonds. The van der Waals surface area contributed by atoms with E-state index in [1.165, 1.54) is 7.05 Å². The second-order valence-electron chi connectivity index (χ2n) is 0.973. The lowest BCUT2D eigenvalue weighted by molar-refractivity contribution is -0.0182. The molecule has 0 aliphatic rings. The summed E-state index contributed by atoms with van der Waals surface area (Å²) in [5, 5.41) is 8.51. The van der Waals surface area contributed by atoms with Gasteiger partial charge in [0.15, 0.2) is 0 Å². The van der Waals surface area contributed by atoms with Crippen LogP contribution in [0.1, 0.15) is 0 Å². The van der Waals surface area contributed by atoms with Gasteiger partial charge in [0.05, 0.1) is 0 Å². The Bertz CT molecular complexity index is 71.3. The van der Waals surface area contributed by atoms with Gasteiger partial charge in [-0.05, 0) is 0 Å². The van der Waals surface area contributed by atoms with Gasteiger partial charge in [-0.2, -0.15) is 0 Å². The lowest BCUT2D eigenvalue weighted by atomic mass is 11.0. The van der Waals surface area contributed by atoms with E-state index in [1.54, 1.807) is 5.43 Å². The number of amides is 2. The summed E-state index contributed by atoms with van der Waals surface area (Å²) < 4.78 is 0. The molecule has 0 aromatic heterocycles. The summed E-state index contributed by atoms with van der Waals surface area (Å²) in [6, 6.07) is -0.736. The van der Waals surface area contributed by atoms with Crippen LogP contribution in [0, 0.1) is 0 Å². The van der Waals surface area contributed by atoms with Crippen molar-refractivity contribution in [1.82, 2.24) is 10.5 Å². The molecule has 0 aromatic rings. The molecule has 5 heteroatoms. The van der Waals surface area contributed by atoms with E-state index in [1.807, 2.05) is 0 Å². The number of rotatable bonds is 0. The number of hydrogen-bond acceptors (Lipinski definition) is 3. The van der Waals surface area contributed by atoms with Gasteiger partial charge in [0, 0.05) is 7.05 Å². The Morgan fingerprint density at radius 2 is 2.43 bits per heavy atom. The molecule has 7 heavy (non-hydrogen) atoms. The molecule has 0 saturated carbocycles. The molecule has 0 aliphatic carbocycles. The first-order valence-electron chi connectivity index (χ1n) is 1.61. The third-order valence-electron chi connectivity index (χ3n) is 0.417. The molecule has 0 heterocycles. The van der Waals surface area contributed by atoms with Gasteiger partial charge in [-0.1, -0.05) is 0 Å². The molecular weight excluding hydrogens is 98.0 g/mol. The van der Waals surface area contributed by atoms with Crippen LogP contribution in [0.2, 0.25) is 0 Å². The molecule has 0 atom stereocenters. The Kier molecular flexibility index (Phi) is 2.10. The maximum Gasteiger partial charge on any atom is 0.354 e. The third-order valence-corrected chi connectivity index (χ3v) is 0.417. The summed E-state index contributed by atoms with van der Waals surface area (Å²) in [4.78, 5) is 9.95. The summed E-state index contributed by atoms with van der Waals surface area (Å²) in [6.45, 7) is 0. The average Bonchev–Trinajstić information content (AvgIpc) is 1.65. The van der Waals surface area contributed by atoms with E-state index in [4.69, 9.17) is 5.21 Å². The zero-order chi connectivity index (χ0) is 5.86. The number of urea groups is 1. The highest BCUT2D eigenvalue weighted by molar-refractivity contribution is 5.71. The maximum atomic E-state index is 9.95. The molecule has 0 bridgehead atoms. The zero-order valence-corrected chi connectivity index (χ0v) is 3.88. The van der Waals surface area contributed by atoms with Gasteiger partial charge in [-0.3, -0.25) is 10.6 Å². The van der Waals surface area contributed by atoms with Crippen LogP contribution in [0.15, 0.2) is 0 Å². The highest BCUT2D eigenvalue weighted by Crippen LogP contribution is 1.68. The summed E-state index contributed by atoms with van der Waals surface area (Å²) in [5.74, 6) is 4.57. The van der Waals surface area contributed by atoms with Crippen molar-refractivity contribution in [2.75, 3.05) is 7.05 Å². The first-order valence-corrected chi connectivity index (χ1v) is 1.61. The summed E-state index contributed by atoms with van der Waals surface area (Å²) >= 11 is 0. The predicted octanol–water partition coefficient (Wildman–Crippen LogP) is -1.11. The molecule has 0 fully saturated rings.